The lowest BCUT2D eigenvalue weighted by atomic mass is 9.91. The first-order valence-electron chi connectivity index (χ1n) is 7.94. The van der Waals surface area contributed by atoms with E-state index in [1.54, 1.807) is 23.1 Å². The molecule has 1 amide bonds. The number of carbonyl (C=O) groups is 1. The number of hydrogen-bond donors (Lipinski definition) is 0. The highest BCUT2D eigenvalue weighted by Crippen LogP contribution is 2.22. The summed E-state index contributed by atoms with van der Waals surface area (Å²) in [5.41, 5.74) is 0.868. The standard InChI is InChI=1S/C17H26N2O3S/c1-14-6-5-7-15(12-14)23(21,22)19-10-8-18(9-11-19)16(20)13-17(2,3)4/h5-7,12H,8-11,13H2,1-4H3. The predicted molar refractivity (Wildman–Crippen MR) is 90.6 cm³/mol. The summed E-state index contributed by atoms with van der Waals surface area (Å²) in [4.78, 5) is 14.3. The van der Waals surface area contributed by atoms with E-state index < -0.39 is 10.0 Å². The van der Waals surface area contributed by atoms with E-state index in [1.165, 1.54) is 4.31 Å². The highest BCUT2D eigenvalue weighted by molar-refractivity contribution is 7.89. The van der Waals surface area contributed by atoms with Gasteiger partial charge in [0.15, 0.2) is 0 Å². The van der Waals surface area contributed by atoms with Crippen LogP contribution < -0.4 is 0 Å². The number of carbonyl (C=O) groups excluding carboxylic acids is 1. The van der Waals surface area contributed by atoms with E-state index in [9.17, 15) is 13.2 Å². The van der Waals surface area contributed by atoms with E-state index in [2.05, 4.69) is 0 Å². The average molecular weight is 338 g/mol. The summed E-state index contributed by atoms with van der Waals surface area (Å²) in [5.74, 6) is 0.102. The third-order valence-corrected chi connectivity index (χ3v) is 5.79. The Labute approximate surface area is 139 Å². The van der Waals surface area contributed by atoms with E-state index in [0.29, 0.717) is 37.5 Å². The Hall–Kier alpha value is -1.40. The van der Waals surface area contributed by atoms with Gasteiger partial charge in [-0.2, -0.15) is 4.31 Å². The van der Waals surface area contributed by atoms with Crippen LogP contribution in [0.5, 0.6) is 0 Å². The maximum absolute atomic E-state index is 12.7. The fourth-order valence-corrected chi connectivity index (χ4v) is 4.20. The van der Waals surface area contributed by atoms with E-state index in [4.69, 9.17) is 0 Å². The van der Waals surface area contributed by atoms with Crippen LogP contribution in [0, 0.1) is 12.3 Å². The molecule has 0 radical (unpaired) electrons. The summed E-state index contributed by atoms with van der Waals surface area (Å²) in [6, 6.07) is 6.94. The molecule has 0 spiro atoms. The minimum Gasteiger partial charge on any atom is -0.340 e. The zero-order valence-corrected chi connectivity index (χ0v) is 15.2. The van der Waals surface area contributed by atoms with Crippen molar-refractivity contribution in [3.05, 3.63) is 29.8 Å². The molecular weight excluding hydrogens is 312 g/mol. The van der Waals surface area contributed by atoms with Crippen molar-refractivity contribution in [2.45, 2.75) is 39.0 Å². The number of nitrogens with zero attached hydrogens (tertiary/aromatic N) is 2. The van der Waals surface area contributed by atoms with Crippen LogP contribution in [0.15, 0.2) is 29.2 Å². The number of piperazine rings is 1. The quantitative estimate of drug-likeness (QED) is 0.849. The van der Waals surface area contributed by atoms with Crippen LogP contribution in [0.3, 0.4) is 0 Å². The molecule has 0 N–H and O–H groups in total. The third kappa shape index (κ3) is 4.54. The van der Waals surface area contributed by atoms with Gasteiger partial charge in [-0.15, -0.1) is 0 Å². The molecule has 5 nitrogen and oxygen atoms in total. The number of rotatable bonds is 3. The Kier molecular flexibility index (Phi) is 5.16. The molecule has 1 aromatic carbocycles. The van der Waals surface area contributed by atoms with Gasteiger partial charge in [0.05, 0.1) is 4.90 Å². The van der Waals surface area contributed by atoms with Gasteiger partial charge in [0, 0.05) is 32.6 Å². The summed E-state index contributed by atoms with van der Waals surface area (Å²) < 4.78 is 26.8. The van der Waals surface area contributed by atoms with Crippen molar-refractivity contribution in [2.75, 3.05) is 26.2 Å². The Balaban J connectivity index is 2.03. The lowest BCUT2D eigenvalue weighted by Crippen LogP contribution is -2.51. The molecule has 0 aromatic heterocycles. The molecule has 0 aliphatic carbocycles. The normalized spacial score (nSPS) is 17.3. The number of hydrogen-bond acceptors (Lipinski definition) is 3. The molecule has 6 heteroatoms. The fourth-order valence-electron chi connectivity index (χ4n) is 2.67. The molecule has 0 unspecified atom stereocenters. The Morgan fingerprint density at radius 2 is 1.74 bits per heavy atom. The summed E-state index contributed by atoms with van der Waals surface area (Å²) in [7, 11) is -3.47. The molecule has 0 saturated carbocycles. The van der Waals surface area contributed by atoms with Gasteiger partial charge in [0.25, 0.3) is 0 Å². The van der Waals surface area contributed by atoms with Crippen molar-refractivity contribution in [3.63, 3.8) is 0 Å². The van der Waals surface area contributed by atoms with Crippen molar-refractivity contribution in [3.8, 4) is 0 Å². The van der Waals surface area contributed by atoms with Crippen LogP contribution >= 0.6 is 0 Å². The van der Waals surface area contributed by atoms with E-state index in [1.807, 2.05) is 33.8 Å². The van der Waals surface area contributed by atoms with Crippen LogP contribution in [-0.2, 0) is 14.8 Å². The highest BCUT2D eigenvalue weighted by atomic mass is 32.2. The van der Waals surface area contributed by atoms with Gasteiger partial charge >= 0.3 is 0 Å². The molecular formula is C17H26N2O3S. The molecule has 1 fully saturated rings. The maximum Gasteiger partial charge on any atom is 0.243 e. The predicted octanol–water partition coefficient (Wildman–Crippen LogP) is 2.26. The Morgan fingerprint density at radius 1 is 1.13 bits per heavy atom. The number of benzene rings is 1. The highest BCUT2D eigenvalue weighted by Gasteiger charge is 2.31. The average Bonchev–Trinajstić information content (AvgIpc) is 2.45. The van der Waals surface area contributed by atoms with Crippen molar-refractivity contribution in [1.82, 2.24) is 9.21 Å². The van der Waals surface area contributed by atoms with Crippen LogP contribution in [-0.4, -0.2) is 49.7 Å². The van der Waals surface area contributed by atoms with Crippen LogP contribution in [0.2, 0.25) is 0 Å². The first-order valence-corrected chi connectivity index (χ1v) is 9.38. The number of aryl methyl sites for hydroxylation is 1. The van der Waals surface area contributed by atoms with Crippen molar-refractivity contribution in [1.29, 1.82) is 0 Å². The zero-order chi connectivity index (χ0) is 17.3. The number of amides is 1. The molecule has 1 aliphatic heterocycles. The SMILES string of the molecule is Cc1cccc(S(=O)(=O)N2CCN(C(=O)CC(C)(C)C)CC2)c1. The third-order valence-electron chi connectivity index (χ3n) is 3.90. The second kappa shape index (κ2) is 6.61. The molecule has 1 aromatic rings. The van der Waals surface area contributed by atoms with Crippen LogP contribution in [0.4, 0.5) is 0 Å². The summed E-state index contributed by atoms with van der Waals surface area (Å²) in [5, 5.41) is 0. The lowest BCUT2D eigenvalue weighted by Gasteiger charge is -2.35. The first kappa shape index (κ1) is 17.9. The van der Waals surface area contributed by atoms with Gasteiger partial charge in [0.2, 0.25) is 15.9 Å². The smallest absolute Gasteiger partial charge is 0.243 e. The van der Waals surface area contributed by atoms with Crippen molar-refractivity contribution >= 4 is 15.9 Å². The second-order valence-corrected chi connectivity index (χ2v) is 9.28. The molecule has 1 aliphatic rings. The van der Waals surface area contributed by atoms with Gasteiger partial charge in [-0.25, -0.2) is 8.42 Å². The largest absolute Gasteiger partial charge is 0.340 e. The lowest BCUT2D eigenvalue weighted by molar-refractivity contribution is -0.134. The minimum atomic E-state index is -3.47. The monoisotopic (exact) mass is 338 g/mol. The number of sulfonamides is 1. The maximum atomic E-state index is 12.7. The summed E-state index contributed by atoms with van der Waals surface area (Å²) in [6.07, 6.45) is 0.484. The fraction of sp³-hybridized carbons (Fsp3) is 0.588. The van der Waals surface area contributed by atoms with Gasteiger partial charge in [-0.1, -0.05) is 32.9 Å². The van der Waals surface area contributed by atoms with Crippen LogP contribution in [0.25, 0.3) is 0 Å². The second-order valence-electron chi connectivity index (χ2n) is 7.34. The molecule has 1 heterocycles. The molecule has 0 bridgehead atoms. The van der Waals surface area contributed by atoms with E-state index >= 15 is 0 Å². The summed E-state index contributed by atoms with van der Waals surface area (Å²) in [6.45, 7) is 9.59. The zero-order valence-electron chi connectivity index (χ0n) is 14.4. The Bertz CT molecular complexity index is 669. The van der Waals surface area contributed by atoms with E-state index in [-0.39, 0.29) is 11.3 Å². The Morgan fingerprint density at radius 3 is 2.26 bits per heavy atom. The van der Waals surface area contributed by atoms with Crippen molar-refractivity contribution in [2.24, 2.45) is 5.41 Å². The topological polar surface area (TPSA) is 57.7 Å². The first-order chi connectivity index (χ1) is 10.6. The molecule has 0 atom stereocenters. The molecule has 1 saturated heterocycles. The van der Waals surface area contributed by atoms with Crippen molar-refractivity contribution < 1.29 is 13.2 Å². The molecule has 2 rings (SSSR count). The van der Waals surface area contributed by atoms with Gasteiger partial charge < -0.3 is 4.90 Å². The van der Waals surface area contributed by atoms with E-state index in [0.717, 1.165) is 5.56 Å². The minimum absolute atomic E-state index is 0.0537. The molecule has 128 valence electrons. The van der Waals surface area contributed by atoms with Gasteiger partial charge in [-0.05, 0) is 30.0 Å². The van der Waals surface area contributed by atoms with Crippen LogP contribution in [0.1, 0.15) is 32.8 Å². The molecule has 23 heavy (non-hydrogen) atoms. The summed E-state index contributed by atoms with van der Waals surface area (Å²) >= 11 is 0. The van der Waals surface area contributed by atoms with Gasteiger partial charge in [-0.3, -0.25) is 4.79 Å². The van der Waals surface area contributed by atoms with Gasteiger partial charge in [0.1, 0.15) is 0 Å².